The van der Waals surface area contributed by atoms with Crippen molar-refractivity contribution < 1.29 is 19.1 Å². The lowest BCUT2D eigenvalue weighted by Crippen LogP contribution is -2.20. The number of carbonyl (C=O) groups is 2. The Balaban J connectivity index is 2.42. The number of Topliss-reactive ketones (excluding diaryl/α,β-unsaturated/α-hetero) is 1. The van der Waals surface area contributed by atoms with E-state index in [1.165, 1.54) is 6.92 Å². The monoisotopic (exact) mass is 233 g/mol. The Hall–Kier alpha value is -2.17. The molecule has 0 amide bonds. The van der Waals surface area contributed by atoms with Gasteiger partial charge >= 0.3 is 5.97 Å². The van der Waals surface area contributed by atoms with Gasteiger partial charge in [0.25, 0.3) is 0 Å². The van der Waals surface area contributed by atoms with Crippen molar-refractivity contribution in [2.75, 3.05) is 0 Å². The standard InChI is InChI=1S/C12H11NO4/c1-6(12(15)16)11(14)8-3-4-10-9(5-8)13-7(2)17-10/h3-6H,1-2H3,(H,15,16). The molecule has 0 aliphatic rings. The van der Waals surface area contributed by atoms with E-state index in [0.29, 0.717) is 22.6 Å². The molecule has 1 aromatic heterocycles. The number of aryl methyl sites for hydroxylation is 1. The number of nitrogens with zero attached hydrogens (tertiary/aromatic N) is 1. The van der Waals surface area contributed by atoms with Crippen molar-refractivity contribution in [3.05, 3.63) is 29.7 Å². The Morgan fingerprint density at radius 1 is 1.41 bits per heavy atom. The average molecular weight is 233 g/mol. The number of hydrogen-bond donors (Lipinski definition) is 1. The summed E-state index contributed by atoms with van der Waals surface area (Å²) < 4.78 is 5.27. The van der Waals surface area contributed by atoms with E-state index in [0.717, 1.165) is 0 Å². The summed E-state index contributed by atoms with van der Waals surface area (Å²) in [5, 5.41) is 8.78. The Morgan fingerprint density at radius 2 is 2.12 bits per heavy atom. The summed E-state index contributed by atoms with van der Waals surface area (Å²) in [4.78, 5) is 26.6. The van der Waals surface area contributed by atoms with E-state index < -0.39 is 17.7 Å². The van der Waals surface area contributed by atoms with Crippen LogP contribution in [0.15, 0.2) is 22.6 Å². The molecular formula is C12H11NO4. The minimum absolute atomic E-state index is 0.334. The third-order valence-electron chi connectivity index (χ3n) is 2.54. The van der Waals surface area contributed by atoms with Gasteiger partial charge in [-0.25, -0.2) is 4.98 Å². The van der Waals surface area contributed by atoms with Crippen molar-refractivity contribution in [1.82, 2.24) is 4.98 Å². The first kappa shape index (κ1) is 11.3. The summed E-state index contributed by atoms with van der Waals surface area (Å²) in [5.41, 5.74) is 1.48. The van der Waals surface area contributed by atoms with Crippen LogP contribution in [0, 0.1) is 12.8 Å². The number of ketones is 1. The number of carbonyl (C=O) groups excluding carboxylic acids is 1. The van der Waals surface area contributed by atoms with Crippen LogP contribution in [0.4, 0.5) is 0 Å². The fourth-order valence-electron chi connectivity index (χ4n) is 1.56. The van der Waals surface area contributed by atoms with E-state index in [1.807, 2.05) is 0 Å². The summed E-state index contributed by atoms with van der Waals surface area (Å²) in [5.74, 6) is -2.11. The summed E-state index contributed by atoms with van der Waals surface area (Å²) in [6, 6.07) is 4.72. The van der Waals surface area contributed by atoms with Gasteiger partial charge in [-0.1, -0.05) is 0 Å². The van der Waals surface area contributed by atoms with Gasteiger partial charge in [-0.2, -0.15) is 0 Å². The molecule has 1 unspecified atom stereocenters. The second-order valence-electron chi connectivity index (χ2n) is 3.84. The molecule has 1 N–H and O–H groups in total. The van der Waals surface area contributed by atoms with Gasteiger partial charge in [0.05, 0.1) is 0 Å². The highest BCUT2D eigenvalue weighted by Gasteiger charge is 2.22. The molecule has 0 aliphatic carbocycles. The van der Waals surface area contributed by atoms with Gasteiger partial charge < -0.3 is 9.52 Å². The van der Waals surface area contributed by atoms with Crippen LogP contribution in [0.3, 0.4) is 0 Å². The third-order valence-corrected chi connectivity index (χ3v) is 2.54. The number of carboxylic acid groups (broad SMARTS) is 1. The molecule has 0 spiro atoms. The minimum atomic E-state index is -1.13. The lowest BCUT2D eigenvalue weighted by molar-refractivity contribution is -0.139. The second-order valence-corrected chi connectivity index (χ2v) is 3.84. The van der Waals surface area contributed by atoms with E-state index in [2.05, 4.69) is 4.98 Å². The molecule has 0 saturated heterocycles. The molecule has 5 heteroatoms. The quantitative estimate of drug-likeness (QED) is 0.648. The molecule has 2 aromatic rings. The van der Waals surface area contributed by atoms with Crippen molar-refractivity contribution in [2.45, 2.75) is 13.8 Å². The van der Waals surface area contributed by atoms with Crippen LogP contribution >= 0.6 is 0 Å². The topological polar surface area (TPSA) is 80.4 Å². The van der Waals surface area contributed by atoms with Crippen LogP contribution in [0.2, 0.25) is 0 Å². The molecule has 0 bridgehead atoms. The van der Waals surface area contributed by atoms with Crippen molar-refractivity contribution in [2.24, 2.45) is 5.92 Å². The molecule has 88 valence electrons. The van der Waals surface area contributed by atoms with Gasteiger partial charge in [0.2, 0.25) is 0 Å². The van der Waals surface area contributed by atoms with Crippen LogP contribution in [0.1, 0.15) is 23.2 Å². The molecule has 0 radical (unpaired) electrons. The minimum Gasteiger partial charge on any atom is -0.481 e. The molecule has 17 heavy (non-hydrogen) atoms. The largest absolute Gasteiger partial charge is 0.481 e. The fourth-order valence-corrected chi connectivity index (χ4v) is 1.56. The van der Waals surface area contributed by atoms with Crippen LogP contribution in [-0.2, 0) is 4.79 Å². The molecule has 0 aliphatic heterocycles. The molecule has 0 fully saturated rings. The smallest absolute Gasteiger partial charge is 0.314 e. The SMILES string of the molecule is Cc1nc2cc(C(=O)C(C)C(=O)O)ccc2o1. The number of oxazole rings is 1. The Morgan fingerprint density at radius 3 is 2.76 bits per heavy atom. The molecule has 1 heterocycles. The zero-order valence-electron chi connectivity index (χ0n) is 9.43. The fraction of sp³-hybridized carbons (Fsp3) is 0.250. The summed E-state index contributed by atoms with van der Waals surface area (Å²) in [6.07, 6.45) is 0. The van der Waals surface area contributed by atoms with E-state index in [-0.39, 0.29) is 0 Å². The number of rotatable bonds is 3. The molecular weight excluding hydrogens is 222 g/mol. The maximum Gasteiger partial charge on any atom is 0.314 e. The van der Waals surface area contributed by atoms with Crippen molar-refractivity contribution in [1.29, 1.82) is 0 Å². The highest BCUT2D eigenvalue weighted by Crippen LogP contribution is 2.18. The first-order chi connectivity index (χ1) is 7.99. The van der Waals surface area contributed by atoms with Crippen molar-refractivity contribution >= 4 is 22.9 Å². The molecule has 1 atom stereocenters. The zero-order valence-corrected chi connectivity index (χ0v) is 9.43. The third kappa shape index (κ3) is 2.04. The van der Waals surface area contributed by atoms with Crippen LogP contribution < -0.4 is 0 Å². The predicted octanol–water partition coefficient (Wildman–Crippen LogP) is 2.04. The molecule has 5 nitrogen and oxygen atoms in total. The maximum absolute atomic E-state index is 11.8. The highest BCUT2D eigenvalue weighted by molar-refractivity contribution is 6.08. The van der Waals surface area contributed by atoms with E-state index in [1.54, 1.807) is 25.1 Å². The van der Waals surface area contributed by atoms with Crippen LogP contribution in [0.25, 0.3) is 11.1 Å². The van der Waals surface area contributed by atoms with E-state index in [4.69, 9.17) is 9.52 Å². The Labute approximate surface area is 97.1 Å². The van der Waals surface area contributed by atoms with Crippen molar-refractivity contribution in [3.63, 3.8) is 0 Å². The van der Waals surface area contributed by atoms with E-state index in [9.17, 15) is 9.59 Å². The maximum atomic E-state index is 11.8. The number of benzene rings is 1. The number of fused-ring (bicyclic) bond motifs is 1. The van der Waals surface area contributed by atoms with Gasteiger partial charge in [0.1, 0.15) is 11.4 Å². The zero-order chi connectivity index (χ0) is 12.6. The van der Waals surface area contributed by atoms with Gasteiger partial charge in [-0.05, 0) is 25.1 Å². The van der Waals surface area contributed by atoms with E-state index >= 15 is 0 Å². The summed E-state index contributed by atoms with van der Waals surface area (Å²) in [6.45, 7) is 3.07. The van der Waals surface area contributed by atoms with Gasteiger partial charge in [-0.3, -0.25) is 9.59 Å². The second kappa shape index (κ2) is 4.01. The van der Waals surface area contributed by atoms with Crippen LogP contribution in [0.5, 0.6) is 0 Å². The van der Waals surface area contributed by atoms with Crippen molar-refractivity contribution in [3.8, 4) is 0 Å². The van der Waals surface area contributed by atoms with Gasteiger partial charge in [0.15, 0.2) is 17.3 Å². The van der Waals surface area contributed by atoms with Crippen LogP contribution in [-0.4, -0.2) is 21.8 Å². The molecule has 1 aromatic carbocycles. The highest BCUT2D eigenvalue weighted by atomic mass is 16.4. The number of aliphatic carboxylic acids is 1. The normalized spacial score (nSPS) is 12.6. The Bertz CT molecular complexity index is 600. The summed E-state index contributed by atoms with van der Waals surface area (Å²) in [7, 11) is 0. The first-order valence-corrected chi connectivity index (χ1v) is 5.13. The number of hydrogen-bond acceptors (Lipinski definition) is 4. The lowest BCUT2D eigenvalue weighted by Gasteiger charge is -2.04. The van der Waals surface area contributed by atoms with Gasteiger partial charge in [0, 0.05) is 12.5 Å². The number of carboxylic acids is 1. The first-order valence-electron chi connectivity index (χ1n) is 5.13. The summed E-state index contributed by atoms with van der Waals surface area (Å²) >= 11 is 0. The molecule has 0 saturated carbocycles. The average Bonchev–Trinajstić information content (AvgIpc) is 2.65. The predicted molar refractivity (Wildman–Crippen MR) is 59.9 cm³/mol. The number of aromatic nitrogens is 1. The Kier molecular flexibility index (Phi) is 2.67. The molecule has 2 rings (SSSR count). The van der Waals surface area contributed by atoms with Gasteiger partial charge in [-0.15, -0.1) is 0 Å². The lowest BCUT2D eigenvalue weighted by atomic mass is 9.99.